The quantitative estimate of drug-likeness (QED) is 0.858. The lowest BCUT2D eigenvalue weighted by Crippen LogP contribution is -2.44. The van der Waals surface area contributed by atoms with Gasteiger partial charge in [0.2, 0.25) is 0 Å². The molecule has 1 aromatic heterocycles. The first-order chi connectivity index (χ1) is 6.94. The Kier molecular flexibility index (Phi) is 3.79. The molecule has 1 aromatic rings. The second kappa shape index (κ2) is 4.70. The summed E-state index contributed by atoms with van der Waals surface area (Å²) in [5, 5.41) is 3.38. The van der Waals surface area contributed by atoms with E-state index in [2.05, 4.69) is 26.2 Å². The van der Waals surface area contributed by atoms with E-state index in [-0.39, 0.29) is 17.0 Å². The average molecular weight is 275 g/mol. The maximum Gasteiger partial charge on any atom is 0.253 e. The Morgan fingerprint density at radius 3 is 2.80 bits per heavy atom. The number of rotatable bonds is 3. The Morgan fingerprint density at radius 2 is 2.27 bits per heavy atom. The summed E-state index contributed by atoms with van der Waals surface area (Å²) in [5.41, 5.74) is -0.146. The molecule has 0 aliphatic heterocycles. The summed E-state index contributed by atoms with van der Waals surface area (Å²) >= 11 is 3.28. The van der Waals surface area contributed by atoms with Crippen molar-refractivity contribution in [3.8, 4) is 0 Å². The fourth-order valence-electron chi connectivity index (χ4n) is 0.949. The first kappa shape index (κ1) is 12.1. The molecule has 1 heterocycles. The molecule has 1 amide bonds. The van der Waals surface area contributed by atoms with Gasteiger partial charge in [-0.3, -0.25) is 9.78 Å². The highest BCUT2D eigenvalue weighted by Crippen LogP contribution is 2.08. The fourth-order valence-corrected chi connectivity index (χ4v) is 1.09. The number of alkyl halides is 1. The van der Waals surface area contributed by atoms with E-state index in [9.17, 15) is 9.18 Å². The topological polar surface area (TPSA) is 42.0 Å². The molecule has 1 rings (SSSR count). The predicted molar refractivity (Wildman–Crippen MR) is 59.5 cm³/mol. The van der Waals surface area contributed by atoms with Crippen LogP contribution in [0.1, 0.15) is 24.2 Å². The van der Waals surface area contributed by atoms with Gasteiger partial charge in [0.25, 0.3) is 5.91 Å². The Bertz CT molecular complexity index is 368. The van der Waals surface area contributed by atoms with Crippen LogP contribution in [0.4, 0.5) is 4.39 Å². The first-order valence-electron chi connectivity index (χ1n) is 4.44. The average Bonchev–Trinajstić information content (AvgIpc) is 2.17. The summed E-state index contributed by atoms with van der Waals surface area (Å²) in [6, 6.07) is 1.16. The second-order valence-electron chi connectivity index (χ2n) is 3.86. The normalized spacial score (nSPS) is 11.2. The number of nitrogens with zero attached hydrogens (tertiary/aromatic N) is 1. The molecule has 5 heteroatoms. The highest BCUT2D eigenvalue weighted by Gasteiger charge is 2.19. The Balaban J connectivity index is 2.78. The van der Waals surface area contributed by atoms with Gasteiger partial charge in [0.1, 0.15) is 5.82 Å². The van der Waals surface area contributed by atoms with Crippen molar-refractivity contribution in [2.45, 2.75) is 19.4 Å². The van der Waals surface area contributed by atoms with Gasteiger partial charge in [0.05, 0.1) is 11.8 Å². The van der Waals surface area contributed by atoms with Crippen LogP contribution < -0.4 is 5.32 Å². The highest BCUT2D eigenvalue weighted by molar-refractivity contribution is 9.09. The summed E-state index contributed by atoms with van der Waals surface area (Å²) in [6.45, 7) is 3.73. The zero-order valence-corrected chi connectivity index (χ0v) is 10.1. The molecule has 0 spiro atoms. The first-order valence-corrected chi connectivity index (χ1v) is 5.56. The monoisotopic (exact) mass is 274 g/mol. The van der Waals surface area contributed by atoms with E-state index in [0.717, 1.165) is 12.3 Å². The van der Waals surface area contributed by atoms with E-state index in [1.807, 2.05) is 13.8 Å². The van der Waals surface area contributed by atoms with E-state index in [1.165, 1.54) is 6.20 Å². The summed E-state index contributed by atoms with van der Waals surface area (Å²) in [4.78, 5) is 15.2. The Hall–Kier alpha value is -0.970. The number of pyridine rings is 1. The standard InChI is InChI=1S/C10H12BrFN2O/c1-10(2,6-11)14-9(15)7-3-8(12)5-13-4-7/h3-5H,6H2,1-2H3,(H,14,15). The van der Waals surface area contributed by atoms with E-state index in [1.54, 1.807) is 0 Å². The van der Waals surface area contributed by atoms with Crippen LogP contribution in [0.5, 0.6) is 0 Å². The van der Waals surface area contributed by atoms with Crippen LogP contribution in [-0.4, -0.2) is 21.8 Å². The van der Waals surface area contributed by atoms with Gasteiger partial charge in [-0.25, -0.2) is 4.39 Å². The fraction of sp³-hybridized carbons (Fsp3) is 0.400. The molecule has 0 atom stereocenters. The van der Waals surface area contributed by atoms with Gasteiger partial charge in [-0.05, 0) is 19.9 Å². The van der Waals surface area contributed by atoms with Gasteiger partial charge in [-0.1, -0.05) is 15.9 Å². The van der Waals surface area contributed by atoms with Crippen molar-refractivity contribution >= 4 is 21.8 Å². The molecule has 1 N–H and O–H groups in total. The minimum Gasteiger partial charge on any atom is -0.346 e. The lowest BCUT2D eigenvalue weighted by atomic mass is 10.1. The molecular weight excluding hydrogens is 263 g/mol. The summed E-state index contributed by atoms with van der Waals surface area (Å²) in [5.74, 6) is -0.842. The van der Waals surface area contributed by atoms with Gasteiger partial charge < -0.3 is 5.32 Å². The number of carbonyl (C=O) groups is 1. The van der Waals surface area contributed by atoms with E-state index in [4.69, 9.17) is 0 Å². The van der Waals surface area contributed by atoms with Crippen LogP contribution in [0.25, 0.3) is 0 Å². The molecule has 0 aromatic carbocycles. The Morgan fingerprint density at radius 1 is 1.60 bits per heavy atom. The number of nitrogens with one attached hydrogen (secondary N) is 1. The number of hydrogen-bond donors (Lipinski definition) is 1. The summed E-state index contributed by atoms with van der Waals surface area (Å²) < 4.78 is 12.8. The van der Waals surface area contributed by atoms with E-state index in [0.29, 0.717) is 5.33 Å². The number of hydrogen-bond acceptors (Lipinski definition) is 2. The van der Waals surface area contributed by atoms with Crippen molar-refractivity contribution < 1.29 is 9.18 Å². The number of aromatic nitrogens is 1. The number of amides is 1. The van der Waals surface area contributed by atoms with Crippen molar-refractivity contribution in [3.05, 3.63) is 29.8 Å². The van der Waals surface area contributed by atoms with Crippen LogP contribution in [0.2, 0.25) is 0 Å². The van der Waals surface area contributed by atoms with Gasteiger partial charge in [0, 0.05) is 17.1 Å². The molecule has 15 heavy (non-hydrogen) atoms. The van der Waals surface area contributed by atoms with Crippen molar-refractivity contribution in [2.75, 3.05) is 5.33 Å². The van der Waals surface area contributed by atoms with E-state index < -0.39 is 5.82 Å². The van der Waals surface area contributed by atoms with Gasteiger partial charge in [-0.15, -0.1) is 0 Å². The highest BCUT2D eigenvalue weighted by atomic mass is 79.9. The molecule has 0 bridgehead atoms. The summed E-state index contributed by atoms with van der Waals surface area (Å²) in [6.07, 6.45) is 2.40. The predicted octanol–water partition coefficient (Wildman–Crippen LogP) is 2.12. The maximum atomic E-state index is 12.8. The van der Waals surface area contributed by atoms with Gasteiger partial charge in [0.15, 0.2) is 0 Å². The number of halogens is 2. The molecule has 0 aliphatic rings. The SMILES string of the molecule is CC(C)(CBr)NC(=O)c1cncc(F)c1. The maximum absolute atomic E-state index is 12.8. The second-order valence-corrected chi connectivity index (χ2v) is 4.42. The molecule has 0 unspecified atom stereocenters. The zero-order valence-electron chi connectivity index (χ0n) is 8.55. The minimum absolute atomic E-state index is 0.226. The van der Waals surface area contributed by atoms with Crippen LogP contribution in [-0.2, 0) is 0 Å². The molecular formula is C10H12BrFN2O. The number of carbonyl (C=O) groups excluding carboxylic acids is 1. The molecule has 82 valence electrons. The summed E-state index contributed by atoms with van der Waals surface area (Å²) in [7, 11) is 0. The third-order valence-corrected chi connectivity index (χ3v) is 3.15. The molecule has 3 nitrogen and oxygen atoms in total. The molecule has 0 radical (unpaired) electrons. The lowest BCUT2D eigenvalue weighted by molar-refractivity contribution is 0.0920. The van der Waals surface area contributed by atoms with Crippen LogP contribution >= 0.6 is 15.9 Å². The van der Waals surface area contributed by atoms with Crippen molar-refractivity contribution in [2.24, 2.45) is 0 Å². The van der Waals surface area contributed by atoms with E-state index >= 15 is 0 Å². The smallest absolute Gasteiger partial charge is 0.253 e. The van der Waals surface area contributed by atoms with Gasteiger partial charge >= 0.3 is 0 Å². The van der Waals surface area contributed by atoms with Gasteiger partial charge in [-0.2, -0.15) is 0 Å². The van der Waals surface area contributed by atoms with Crippen molar-refractivity contribution in [1.29, 1.82) is 0 Å². The van der Waals surface area contributed by atoms with Crippen LogP contribution in [0, 0.1) is 5.82 Å². The molecule has 0 aliphatic carbocycles. The lowest BCUT2D eigenvalue weighted by Gasteiger charge is -2.23. The molecule has 0 saturated carbocycles. The minimum atomic E-state index is -0.515. The van der Waals surface area contributed by atoms with Crippen LogP contribution in [0.3, 0.4) is 0 Å². The van der Waals surface area contributed by atoms with Crippen molar-refractivity contribution in [1.82, 2.24) is 10.3 Å². The van der Waals surface area contributed by atoms with Crippen molar-refractivity contribution in [3.63, 3.8) is 0 Å². The molecule has 0 fully saturated rings. The third kappa shape index (κ3) is 3.58. The largest absolute Gasteiger partial charge is 0.346 e. The Labute approximate surface area is 96.2 Å². The zero-order chi connectivity index (χ0) is 11.5. The molecule has 0 saturated heterocycles. The third-order valence-electron chi connectivity index (χ3n) is 1.75. The van der Waals surface area contributed by atoms with Crippen LogP contribution in [0.15, 0.2) is 18.5 Å².